The summed E-state index contributed by atoms with van der Waals surface area (Å²) in [5.41, 5.74) is 9.16. The number of nitrogens with two attached hydrogens (primary N) is 1. The molecule has 1 heterocycles. The van der Waals surface area contributed by atoms with Crippen LogP contribution in [0.3, 0.4) is 0 Å². The summed E-state index contributed by atoms with van der Waals surface area (Å²) in [7, 11) is 5.18. The third-order valence-electron chi connectivity index (χ3n) is 6.54. The predicted molar refractivity (Wildman–Crippen MR) is 164 cm³/mol. The number of rotatable bonds is 12. The molecule has 1 aliphatic heterocycles. The Kier molecular flexibility index (Phi) is 12.8. The van der Waals surface area contributed by atoms with E-state index in [1.807, 2.05) is 30.1 Å². The van der Waals surface area contributed by atoms with E-state index in [9.17, 15) is 9.59 Å². The van der Waals surface area contributed by atoms with Gasteiger partial charge >= 0.3 is 0 Å². The lowest BCUT2D eigenvalue weighted by molar-refractivity contribution is -0.135. The molecule has 1 saturated carbocycles. The van der Waals surface area contributed by atoms with Crippen LogP contribution in [-0.4, -0.2) is 79.9 Å². The zero-order valence-electron chi connectivity index (χ0n) is 24.9. The summed E-state index contributed by atoms with van der Waals surface area (Å²) in [6, 6.07) is 6.01. The number of aliphatic imine (C=N–C) groups is 1. The fourth-order valence-corrected chi connectivity index (χ4v) is 3.94. The highest BCUT2D eigenvalue weighted by atomic mass is 16.5. The Morgan fingerprint density at radius 2 is 1.93 bits per heavy atom. The van der Waals surface area contributed by atoms with Gasteiger partial charge in [0, 0.05) is 63.4 Å². The zero-order chi connectivity index (χ0) is 30.5. The minimum Gasteiger partial charge on any atom is -0.494 e. The average molecular weight is 566 g/mol. The lowest BCUT2D eigenvalue weighted by atomic mass is 10.0. The monoisotopic (exact) mass is 565 g/mol. The van der Waals surface area contributed by atoms with Crippen molar-refractivity contribution in [1.82, 2.24) is 15.1 Å². The average Bonchev–Trinajstić information content (AvgIpc) is 3.75. The maximum absolute atomic E-state index is 12.0. The number of amidine groups is 1. The van der Waals surface area contributed by atoms with E-state index in [0.717, 1.165) is 30.4 Å². The minimum absolute atomic E-state index is 0.0220. The second kappa shape index (κ2) is 16.0. The van der Waals surface area contributed by atoms with Gasteiger partial charge in [0.25, 0.3) is 5.91 Å². The fraction of sp³-hybridized carbons (Fsp3) is 0.433. The van der Waals surface area contributed by atoms with Gasteiger partial charge in [-0.1, -0.05) is 31.2 Å². The molecule has 222 valence electrons. The number of hydrogen-bond donors (Lipinski definition) is 4. The van der Waals surface area contributed by atoms with Crippen molar-refractivity contribution in [2.45, 2.75) is 46.1 Å². The van der Waals surface area contributed by atoms with Crippen LogP contribution < -0.4 is 21.1 Å². The number of anilines is 1. The molecule has 3 rings (SSSR count). The van der Waals surface area contributed by atoms with Gasteiger partial charge in [-0.2, -0.15) is 4.99 Å². The van der Waals surface area contributed by atoms with Gasteiger partial charge in [0.15, 0.2) is 0 Å². The van der Waals surface area contributed by atoms with Gasteiger partial charge in [-0.05, 0) is 32.3 Å². The molecule has 0 bridgehead atoms. The molecule has 2 aliphatic rings. The van der Waals surface area contributed by atoms with Crippen LogP contribution in [0.25, 0.3) is 5.57 Å². The van der Waals surface area contributed by atoms with E-state index < -0.39 is 0 Å². The van der Waals surface area contributed by atoms with Crippen LogP contribution >= 0.6 is 0 Å². The maximum atomic E-state index is 12.0. The van der Waals surface area contributed by atoms with Crippen molar-refractivity contribution < 1.29 is 19.1 Å². The summed E-state index contributed by atoms with van der Waals surface area (Å²) in [6.45, 7) is 6.70. The highest BCUT2D eigenvalue weighted by Crippen LogP contribution is 2.36. The number of para-hydroxylation sites is 1. The Balaban J connectivity index is 0.00000138. The molecular formula is C30H43N7O4. The van der Waals surface area contributed by atoms with Crippen molar-refractivity contribution in [3.63, 3.8) is 0 Å². The number of methoxy groups -OCH3 is 1. The molecule has 1 aromatic carbocycles. The number of hydrogen-bond acceptors (Lipinski definition) is 7. The first kappa shape index (κ1) is 32.8. The zero-order valence-corrected chi connectivity index (χ0v) is 24.9. The summed E-state index contributed by atoms with van der Waals surface area (Å²) >= 11 is 0. The molecule has 0 aromatic heterocycles. The second-order valence-electron chi connectivity index (χ2n) is 9.89. The number of carbonyl (C=O) groups excluding carboxylic acids is 3. The van der Waals surface area contributed by atoms with E-state index in [4.69, 9.17) is 20.7 Å². The van der Waals surface area contributed by atoms with Crippen LogP contribution in [0.2, 0.25) is 0 Å². The fourth-order valence-electron chi connectivity index (χ4n) is 3.94. The molecule has 5 N–H and O–H groups in total. The third kappa shape index (κ3) is 9.93. The van der Waals surface area contributed by atoms with Gasteiger partial charge in [0.05, 0.1) is 30.2 Å². The first-order valence-corrected chi connectivity index (χ1v) is 13.6. The van der Waals surface area contributed by atoms with Crippen molar-refractivity contribution in [3.8, 4) is 5.75 Å². The van der Waals surface area contributed by atoms with Crippen molar-refractivity contribution in [2.24, 2.45) is 16.6 Å². The van der Waals surface area contributed by atoms with Gasteiger partial charge in [-0.3, -0.25) is 14.4 Å². The molecule has 0 spiro atoms. The molecule has 0 radical (unpaired) electrons. The highest BCUT2D eigenvalue weighted by Gasteiger charge is 2.31. The Morgan fingerprint density at radius 1 is 1.27 bits per heavy atom. The third-order valence-corrected chi connectivity index (χ3v) is 6.54. The van der Waals surface area contributed by atoms with Crippen LogP contribution in [0.4, 0.5) is 5.69 Å². The van der Waals surface area contributed by atoms with E-state index in [-0.39, 0.29) is 35.3 Å². The van der Waals surface area contributed by atoms with Crippen LogP contribution in [0, 0.1) is 11.3 Å². The Morgan fingerprint density at radius 3 is 2.44 bits per heavy atom. The molecule has 1 aromatic rings. The summed E-state index contributed by atoms with van der Waals surface area (Å²) in [5.74, 6) is 0.530. The minimum atomic E-state index is -0.213. The number of likely N-dealkylation sites (tertiary alicyclic amines) is 1. The summed E-state index contributed by atoms with van der Waals surface area (Å²) < 4.78 is 5.84. The molecule has 41 heavy (non-hydrogen) atoms. The topological polar surface area (TPSA) is 153 Å². The van der Waals surface area contributed by atoms with Gasteiger partial charge in [-0.15, -0.1) is 0 Å². The van der Waals surface area contributed by atoms with Gasteiger partial charge in [-0.25, -0.2) is 0 Å². The lowest BCUT2D eigenvalue weighted by Gasteiger charge is -2.43. The van der Waals surface area contributed by atoms with Crippen LogP contribution in [-0.2, 0) is 14.4 Å². The molecule has 3 amide bonds. The molecule has 1 aliphatic carbocycles. The van der Waals surface area contributed by atoms with Gasteiger partial charge < -0.3 is 36.3 Å². The maximum Gasteiger partial charge on any atom is 0.250 e. The Labute approximate surface area is 242 Å². The quantitative estimate of drug-likeness (QED) is 0.131. The highest BCUT2D eigenvalue weighted by molar-refractivity contribution is 6.08. The molecule has 11 heteroatoms. The molecule has 0 atom stereocenters. The van der Waals surface area contributed by atoms with Crippen molar-refractivity contribution >= 4 is 41.0 Å². The number of amides is 3. The van der Waals surface area contributed by atoms with Gasteiger partial charge in [0.2, 0.25) is 12.3 Å². The van der Waals surface area contributed by atoms with Crippen molar-refractivity contribution in [2.75, 3.05) is 39.6 Å². The predicted octanol–water partition coefficient (Wildman–Crippen LogP) is 3.16. The number of nitrogens with zero attached hydrogens (tertiary/aromatic N) is 3. The number of allylic oxidation sites excluding steroid dienone is 4. The van der Waals surface area contributed by atoms with Crippen LogP contribution in [0.5, 0.6) is 5.75 Å². The van der Waals surface area contributed by atoms with Gasteiger partial charge in [0.1, 0.15) is 11.6 Å². The Hall–Kier alpha value is -4.41. The van der Waals surface area contributed by atoms with Crippen LogP contribution in [0.15, 0.2) is 53.3 Å². The molecule has 0 unspecified atom stereocenters. The second-order valence-corrected chi connectivity index (χ2v) is 9.89. The lowest BCUT2D eigenvalue weighted by Crippen LogP contribution is -2.58. The molecular weight excluding hydrogens is 522 g/mol. The first-order chi connectivity index (χ1) is 19.6. The normalized spacial score (nSPS) is 15.9. The summed E-state index contributed by atoms with van der Waals surface area (Å²) in [6.07, 6.45) is 10.9. The smallest absolute Gasteiger partial charge is 0.250 e. The largest absolute Gasteiger partial charge is 0.494 e. The van der Waals surface area contributed by atoms with E-state index in [2.05, 4.69) is 45.8 Å². The van der Waals surface area contributed by atoms with Crippen LogP contribution in [0.1, 0.15) is 45.6 Å². The molecule has 2 fully saturated rings. The first-order valence-electron chi connectivity index (χ1n) is 13.6. The summed E-state index contributed by atoms with van der Waals surface area (Å²) in [4.78, 5) is 40.6. The number of ether oxygens (including phenoxy) is 1. The number of likely N-dealkylation sites (N-methyl/N-ethyl adjacent to an activating group) is 1. The van der Waals surface area contributed by atoms with Crippen molar-refractivity contribution in [1.29, 1.82) is 5.41 Å². The molecule has 11 nitrogen and oxygen atoms in total. The number of benzene rings is 1. The Bertz CT molecular complexity index is 1230. The number of carbonyl (C=O) groups is 3. The van der Waals surface area contributed by atoms with E-state index in [1.165, 1.54) is 6.08 Å². The number of nitrogens with one attached hydrogen (secondary N) is 3. The van der Waals surface area contributed by atoms with E-state index in [1.54, 1.807) is 28.0 Å². The van der Waals surface area contributed by atoms with E-state index >= 15 is 0 Å². The van der Waals surface area contributed by atoms with E-state index in [0.29, 0.717) is 36.6 Å². The standard InChI is InChI=1S/C28H38N6O3.C2H5NO/c1-6-7-9-21(15-33(4)22-16-34(17-22)19(3)35)23-10-8-11-24(27(23)37-5)31-25(18(2)29)14-26(30)32-28(36)20-12-13-20;1-3-2-4/h7-11,14-15,20,22,29,31H,6,12-13,16-17H2,1-5H3,(H2,30,32,36);2H,1H3,(H,3,4)/b9-7-,21-15+,25-14+,29-18?;. The SMILES string of the molecule is CC/C=C\C(=C/N(C)C1CN(C(C)=O)C1)c1cccc(N/C(=C/C(N)=NC(=O)C2CC2)C(C)=N)c1OC.CNC=O. The summed E-state index contributed by atoms with van der Waals surface area (Å²) in [5, 5.41) is 13.7. The molecule has 1 saturated heterocycles. The van der Waals surface area contributed by atoms with Crippen molar-refractivity contribution in [3.05, 3.63) is 53.9 Å².